The topological polar surface area (TPSA) is 66.1 Å². The molecule has 2 aromatic heterocycles. The van der Waals surface area contributed by atoms with Gasteiger partial charge in [-0.3, -0.25) is 0 Å². The maximum atomic E-state index is 14.6. The van der Waals surface area contributed by atoms with Gasteiger partial charge in [0.05, 0.1) is 21.2 Å². The van der Waals surface area contributed by atoms with Crippen LogP contribution in [0.3, 0.4) is 0 Å². The molecule has 0 unspecified atom stereocenters. The van der Waals surface area contributed by atoms with E-state index < -0.39 is 24.0 Å². The van der Waals surface area contributed by atoms with Crippen molar-refractivity contribution in [2.45, 2.75) is 44.2 Å². The molecule has 0 aliphatic heterocycles. The lowest BCUT2D eigenvalue weighted by Gasteiger charge is -2.15. The molecule has 0 saturated carbocycles. The van der Waals surface area contributed by atoms with Crippen molar-refractivity contribution < 1.29 is 17.5 Å². The molecule has 2 heterocycles. The van der Waals surface area contributed by atoms with Crippen molar-refractivity contribution in [1.29, 1.82) is 0 Å². The molecular weight excluding hydrogens is 445 g/mol. The number of aryl methyl sites for hydroxylation is 1. The Morgan fingerprint density at radius 2 is 1.83 bits per heavy atom. The molecule has 0 aliphatic rings. The third-order valence-corrected chi connectivity index (χ3v) is 8.14. The summed E-state index contributed by atoms with van der Waals surface area (Å²) in [5, 5.41) is 4.00. The average Bonchev–Trinajstić information content (AvgIpc) is 3.21. The smallest absolute Gasteiger partial charge is 0.268 e. The predicted molar refractivity (Wildman–Crippen MR) is 118 cm³/mol. The Morgan fingerprint density at radius 1 is 1.17 bits per heavy atom. The van der Waals surface area contributed by atoms with Gasteiger partial charge < -0.3 is 4.74 Å². The second-order valence-corrected chi connectivity index (χ2v) is 16.3. The van der Waals surface area contributed by atoms with Crippen molar-refractivity contribution in [2.75, 3.05) is 6.61 Å². The lowest BCUT2D eigenvalue weighted by atomic mass is 10.2. The molecule has 6 nitrogen and oxygen atoms in total. The van der Waals surface area contributed by atoms with Crippen LogP contribution >= 0.6 is 11.6 Å². The van der Waals surface area contributed by atoms with Crippen molar-refractivity contribution in [2.24, 2.45) is 0 Å². The number of ether oxygens (including phenoxy) is 1. The summed E-state index contributed by atoms with van der Waals surface area (Å²) in [6.45, 7) is 9.25. The summed E-state index contributed by atoms with van der Waals surface area (Å²) in [6.07, 6.45) is 2.68. The first-order valence-corrected chi connectivity index (χ1v) is 15.0. The highest BCUT2D eigenvalue weighted by Crippen LogP contribution is 2.30. The normalized spacial score (nSPS) is 12.5. The van der Waals surface area contributed by atoms with Gasteiger partial charge in [-0.25, -0.2) is 17.1 Å². The third kappa shape index (κ3) is 5.21. The predicted octanol–water partition coefficient (Wildman–Crippen LogP) is 5.00. The van der Waals surface area contributed by atoms with Crippen molar-refractivity contribution >= 4 is 29.7 Å². The molecule has 0 aliphatic carbocycles. The van der Waals surface area contributed by atoms with E-state index in [9.17, 15) is 12.8 Å². The largest absolute Gasteiger partial charge is 0.360 e. The van der Waals surface area contributed by atoms with E-state index in [1.54, 1.807) is 12.1 Å². The standard InChI is InChI=1S/C20H25ClFN3O3SSi/c1-15-5-7-17(8-6-15)29(26,27)25-12-16(21)11-19(25)18-13-24(23-20(18)22)14-28-9-10-30(2,3)4/h5-8,11-13H,9-10,14H2,1-4H3. The number of aromatic nitrogens is 3. The van der Waals surface area contributed by atoms with Gasteiger partial charge in [-0.1, -0.05) is 48.9 Å². The Kier molecular flexibility index (Phi) is 6.56. The summed E-state index contributed by atoms with van der Waals surface area (Å²) in [7, 11) is -5.19. The van der Waals surface area contributed by atoms with E-state index in [1.807, 2.05) is 6.92 Å². The molecule has 0 saturated heterocycles. The number of hydrogen-bond acceptors (Lipinski definition) is 4. The lowest BCUT2D eigenvalue weighted by molar-refractivity contribution is 0.0774. The van der Waals surface area contributed by atoms with Crippen LogP contribution in [0, 0.1) is 12.9 Å². The fourth-order valence-electron chi connectivity index (χ4n) is 2.80. The molecule has 30 heavy (non-hydrogen) atoms. The summed E-state index contributed by atoms with van der Waals surface area (Å²) < 4.78 is 48.7. The number of rotatable bonds is 8. The van der Waals surface area contributed by atoms with E-state index >= 15 is 0 Å². The molecule has 3 rings (SSSR count). The number of nitrogens with zero attached hydrogens (tertiary/aromatic N) is 3. The Labute approximate surface area is 182 Å². The van der Waals surface area contributed by atoms with Crippen molar-refractivity contribution in [3.63, 3.8) is 0 Å². The van der Waals surface area contributed by atoms with Gasteiger partial charge in [0, 0.05) is 27.1 Å². The Bertz CT molecular complexity index is 1140. The van der Waals surface area contributed by atoms with Crippen LogP contribution in [0.15, 0.2) is 47.6 Å². The van der Waals surface area contributed by atoms with Gasteiger partial charge in [0.15, 0.2) is 0 Å². The van der Waals surface area contributed by atoms with Crippen LogP contribution in [0.1, 0.15) is 5.56 Å². The van der Waals surface area contributed by atoms with E-state index in [0.29, 0.717) is 6.61 Å². The Morgan fingerprint density at radius 3 is 2.47 bits per heavy atom. The van der Waals surface area contributed by atoms with E-state index in [0.717, 1.165) is 15.6 Å². The molecule has 3 aromatic rings. The van der Waals surface area contributed by atoms with E-state index in [2.05, 4.69) is 24.7 Å². The molecule has 0 spiro atoms. The van der Waals surface area contributed by atoms with Crippen LogP contribution in [0.4, 0.5) is 4.39 Å². The zero-order valence-electron chi connectivity index (χ0n) is 17.4. The molecule has 0 N–H and O–H groups in total. The number of hydrogen-bond donors (Lipinski definition) is 0. The van der Waals surface area contributed by atoms with Crippen LogP contribution in [0.5, 0.6) is 0 Å². The minimum absolute atomic E-state index is 0.0337. The zero-order chi connectivity index (χ0) is 22.1. The van der Waals surface area contributed by atoms with Gasteiger partial charge in [-0.2, -0.15) is 4.39 Å². The zero-order valence-corrected chi connectivity index (χ0v) is 20.0. The highest BCUT2D eigenvalue weighted by Gasteiger charge is 2.24. The summed E-state index contributed by atoms with van der Waals surface area (Å²) >= 11 is 6.08. The molecular formula is C20H25ClFN3O3SSi. The van der Waals surface area contributed by atoms with Crippen LogP contribution in [-0.2, 0) is 21.5 Å². The molecule has 0 bridgehead atoms. The van der Waals surface area contributed by atoms with Crippen molar-refractivity contribution in [3.05, 3.63) is 59.3 Å². The average molecular weight is 470 g/mol. The van der Waals surface area contributed by atoms with E-state index in [4.69, 9.17) is 16.3 Å². The summed E-state index contributed by atoms with van der Waals surface area (Å²) in [5.41, 5.74) is 1.07. The molecule has 0 fully saturated rings. The van der Waals surface area contributed by atoms with Gasteiger partial charge in [0.2, 0.25) is 5.95 Å². The van der Waals surface area contributed by atoms with E-state index in [1.165, 1.54) is 35.3 Å². The second-order valence-electron chi connectivity index (χ2n) is 8.38. The fourth-order valence-corrected chi connectivity index (χ4v) is 5.19. The van der Waals surface area contributed by atoms with Crippen LogP contribution in [0.2, 0.25) is 30.7 Å². The molecule has 1 aromatic carbocycles. The quantitative estimate of drug-likeness (QED) is 0.344. The van der Waals surface area contributed by atoms with Crippen LogP contribution < -0.4 is 0 Å². The maximum Gasteiger partial charge on any atom is 0.268 e. The third-order valence-electron chi connectivity index (χ3n) is 4.54. The highest BCUT2D eigenvalue weighted by atomic mass is 35.5. The maximum absolute atomic E-state index is 14.6. The van der Waals surface area contributed by atoms with Gasteiger partial charge in [0.1, 0.15) is 6.73 Å². The number of halogens is 2. The molecule has 162 valence electrons. The molecule has 0 radical (unpaired) electrons. The first-order chi connectivity index (χ1) is 14.0. The molecule has 0 atom stereocenters. The Hall–Kier alpha value is -1.94. The second kappa shape index (κ2) is 8.66. The minimum atomic E-state index is -3.96. The summed E-state index contributed by atoms with van der Waals surface area (Å²) in [6, 6.07) is 8.81. The Balaban J connectivity index is 1.89. The first kappa shape index (κ1) is 22.7. The monoisotopic (exact) mass is 469 g/mol. The molecule has 0 amide bonds. The van der Waals surface area contributed by atoms with Crippen LogP contribution in [0.25, 0.3) is 11.3 Å². The highest BCUT2D eigenvalue weighted by molar-refractivity contribution is 7.90. The SMILES string of the molecule is Cc1ccc(S(=O)(=O)n2cc(Cl)cc2-c2cn(COCC[Si](C)(C)C)nc2F)cc1. The van der Waals surface area contributed by atoms with Crippen LogP contribution in [-0.4, -0.2) is 36.9 Å². The summed E-state index contributed by atoms with van der Waals surface area (Å²) in [5.74, 6) is -0.793. The first-order valence-electron chi connectivity index (χ1n) is 9.48. The molecule has 10 heteroatoms. The fraction of sp³-hybridized carbons (Fsp3) is 0.350. The van der Waals surface area contributed by atoms with Crippen molar-refractivity contribution in [1.82, 2.24) is 13.8 Å². The number of benzene rings is 1. The van der Waals surface area contributed by atoms with Gasteiger partial charge in [-0.05, 0) is 31.2 Å². The minimum Gasteiger partial charge on any atom is -0.360 e. The van der Waals surface area contributed by atoms with Crippen molar-refractivity contribution in [3.8, 4) is 11.3 Å². The van der Waals surface area contributed by atoms with E-state index in [-0.39, 0.29) is 27.9 Å². The van der Waals surface area contributed by atoms with Gasteiger partial charge >= 0.3 is 0 Å². The van der Waals surface area contributed by atoms with Gasteiger partial charge in [-0.15, -0.1) is 5.10 Å². The van der Waals surface area contributed by atoms with Gasteiger partial charge in [0.25, 0.3) is 10.0 Å². The lowest BCUT2D eigenvalue weighted by Crippen LogP contribution is -2.22. The summed E-state index contributed by atoms with van der Waals surface area (Å²) in [4.78, 5) is 0.0871.